The molecular formula is C21H23F2N3O5. The van der Waals surface area contributed by atoms with Gasteiger partial charge in [-0.2, -0.15) is 0 Å². The monoisotopic (exact) mass is 435 g/mol. The highest BCUT2D eigenvalue weighted by Gasteiger charge is 2.30. The molecule has 10 heteroatoms. The number of aliphatic hydroxyl groups is 1. The molecule has 0 saturated heterocycles. The zero-order chi connectivity index (χ0) is 22.5. The largest absolute Gasteiger partial charge is 0.503 e. The van der Waals surface area contributed by atoms with Gasteiger partial charge in [0, 0.05) is 50.6 Å². The van der Waals surface area contributed by atoms with Gasteiger partial charge in [-0.05, 0) is 25.3 Å². The van der Waals surface area contributed by atoms with Crippen LogP contribution in [0.4, 0.5) is 8.78 Å². The predicted molar refractivity (Wildman–Crippen MR) is 107 cm³/mol. The summed E-state index contributed by atoms with van der Waals surface area (Å²) in [6.45, 7) is 0.841. The molecule has 0 fully saturated rings. The number of pyridine rings is 1. The molecule has 0 aliphatic carbocycles. The molecule has 8 nitrogen and oxygen atoms in total. The van der Waals surface area contributed by atoms with Crippen LogP contribution >= 0.6 is 0 Å². The number of rotatable bonds is 8. The van der Waals surface area contributed by atoms with Crippen LogP contribution in [0.1, 0.15) is 45.7 Å². The summed E-state index contributed by atoms with van der Waals surface area (Å²) in [7, 11) is 0. The van der Waals surface area contributed by atoms with Gasteiger partial charge in [-0.1, -0.05) is 6.07 Å². The molecule has 0 radical (unpaired) electrons. The van der Waals surface area contributed by atoms with E-state index in [2.05, 4.69) is 5.32 Å². The number of carbonyl (C=O) groups is 2. The maximum Gasteiger partial charge on any atom is 0.274 e. The lowest BCUT2D eigenvalue weighted by molar-refractivity contribution is 0.0691. The van der Waals surface area contributed by atoms with Gasteiger partial charge in [0.15, 0.2) is 11.4 Å². The number of aliphatic hydroxyl groups excluding tert-OH is 1. The third kappa shape index (κ3) is 4.91. The van der Waals surface area contributed by atoms with E-state index in [-0.39, 0.29) is 36.5 Å². The number of hydrogen-bond acceptors (Lipinski definition) is 5. The normalized spacial score (nSPS) is 13.3. The lowest BCUT2D eigenvalue weighted by atomic mass is 10.1. The molecule has 0 spiro atoms. The van der Waals surface area contributed by atoms with Crippen LogP contribution in [-0.2, 0) is 13.1 Å². The standard InChI is InChI=1S/C21H23F2N3O5/c22-14-5-4-13(16(23)10-14)11-24-20(30)15-12-26-8-7-25(6-2-1-3-9-27)21(31)17(26)19(29)18(15)28/h4-5,10,12,27,29H,1-3,6-9,11H2,(H,24,30). The van der Waals surface area contributed by atoms with E-state index in [9.17, 15) is 28.3 Å². The molecule has 0 bridgehead atoms. The van der Waals surface area contributed by atoms with Gasteiger partial charge in [0.2, 0.25) is 5.43 Å². The third-order valence-electron chi connectivity index (χ3n) is 5.14. The molecule has 0 atom stereocenters. The second-order valence-electron chi connectivity index (χ2n) is 7.26. The number of nitrogens with zero attached hydrogens (tertiary/aromatic N) is 2. The summed E-state index contributed by atoms with van der Waals surface area (Å²) >= 11 is 0. The average molecular weight is 435 g/mol. The Morgan fingerprint density at radius 3 is 2.61 bits per heavy atom. The van der Waals surface area contributed by atoms with Crippen LogP contribution < -0.4 is 10.7 Å². The van der Waals surface area contributed by atoms with E-state index in [0.29, 0.717) is 32.0 Å². The Bertz CT molecular complexity index is 1050. The molecule has 2 heterocycles. The Labute approximate surface area is 176 Å². The second-order valence-corrected chi connectivity index (χ2v) is 7.26. The molecule has 0 saturated carbocycles. The molecule has 1 aliphatic heterocycles. The van der Waals surface area contributed by atoms with E-state index in [1.165, 1.54) is 21.7 Å². The molecule has 166 valence electrons. The first-order valence-electron chi connectivity index (χ1n) is 9.92. The van der Waals surface area contributed by atoms with Crippen molar-refractivity contribution in [3.8, 4) is 5.75 Å². The molecule has 0 unspecified atom stereocenters. The van der Waals surface area contributed by atoms with Crippen molar-refractivity contribution in [2.75, 3.05) is 19.7 Å². The molecule has 3 N–H and O–H groups in total. The topological polar surface area (TPSA) is 112 Å². The molecule has 2 amide bonds. The summed E-state index contributed by atoms with van der Waals surface area (Å²) in [6.07, 6.45) is 3.25. The second kappa shape index (κ2) is 9.69. The fraction of sp³-hybridized carbons (Fsp3) is 0.381. The fourth-order valence-electron chi connectivity index (χ4n) is 3.43. The van der Waals surface area contributed by atoms with Crippen LogP contribution in [0.15, 0.2) is 29.2 Å². The van der Waals surface area contributed by atoms with Crippen LogP contribution in [0, 0.1) is 11.6 Å². The zero-order valence-electron chi connectivity index (χ0n) is 16.7. The van der Waals surface area contributed by atoms with Crippen molar-refractivity contribution in [2.45, 2.75) is 32.4 Å². The van der Waals surface area contributed by atoms with E-state index >= 15 is 0 Å². The van der Waals surface area contributed by atoms with Crippen molar-refractivity contribution in [2.24, 2.45) is 0 Å². The number of carbonyl (C=O) groups excluding carboxylic acids is 2. The lowest BCUT2D eigenvalue weighted by Crippen LogP contribution is -2.43. The highest BCUT2D eigenvalue weighted by Crippen LogP contribution is 2.21. The summed E-state index contributed by atoms with van der Waals surface area (Å²) in [5.41, 5.74) is -1.53. The molecule has 3 rings (SSSR count). The van der Waals surface area contributed by atoms with Gasteiger partial charge in [0.1, 0.15) is 17.2 Å². The van der Waals surface area contributed by atoms with Crippen molar-refractivity contribution >= 4 is 11.8 Å². The van der Waals surface area contributed by atoms with Crippen molar-refractivity contribution < 1.29 is 28.6 Å². The minimum absolute atomic E-state index is 0.0315. The van der Waals surface area contributed by atoms with Crippen LogP contribution in [0.25, 0.3) is 0 Å². The summed E-state index contributed by atoms with van der Waals surface area (Å²) in [5, 5.41) is 21.5. The Kier molecular flexibility index (Phi) is 7.01. The molecular weight excluding hydrogens is 412 g/mol. The predicted octanol–water partition coefficient (Wildman–Crippen LogP) is 1.38. The van der Waals surface area contributed by atoms with Crippen LogP contribution in [0.3, 0.4) is 0 Å². The summed E-state index contributed by atoms with van der Waals surface area (Å²) < 4.78 is 28.1. The van der Waals surface area contributed by atoms with Gasteiger partial charge in [-0.3, -0.25) is 14.4 Å². The molecule has 1 aromatic heterocycles. The molecule has 31 heavy (non-hydrogen) atoms. The van der Waals surface area contributed by atoms with Gasteiger partial charge in [-0.25, -0.2) is 8.78 Å². The summed E-state index contributed by atoms with van der Waals surface area (Å²) in [4.78, 5) is 39.2. The van der Waals surface area contributed by atoms with Crippen molar-refractivity contribution in [1.82, 2.24) is 14.8 Å². The zero-order valence-corrected chi connectivity index (χ0v) is 16.7. The number of fused-ring (bicyclic) bond motifs is 1. The van der Waals surface area contributed by atoms with Crippen LogP contribution in [0.5, 0.6) is 5.75 Å². The first-order chi connectivity index (χ1) is 14.8. The van der Waals surface area contributed by atoms with E-state index in [4.69, 9.17) is 5.11 Å². The number of benzene rings is 1. The minimum Gasteiger partial charge on any atom is -0.503 e. The molecule has 1 aliphatic rings. The number of aromatic hydroxyl groups is 1. The van der Waals surface area contributed by atoms with Crippen molar-refractivity contribution in [1.29, 1.82) is 0 Å². The van der Waals surface area contributed by atoms with Gasteiger partial charge < -0.3 is 25.0 Å². The molecule has 1 aromatic carbocycles. The van der Waals surface area contributed by atoms with Gasteiger partial charge in [0.05, 0.1) is 0 Å². The Morgan fingerprint density at radius 1 is 1.13 bits per heavy atom. The maximum absolute atomic E-state index is 13.7. The van der Waals surface area contributed by atoms with E-state index in [0.717, 1.165) is 12.5 Å². The number of hydrogen-bond donors (Lipinski definition) is 3. The number of amides is 2. The quantitative estimate of drug-likeness (QED) is 0.543. The smallest absolute Gasteiger partial charge is 0.274 e. The first kappa shape index (κ1) is 22.4. The van der Waals surface area contributed by atoms with Gasteiger partial charge >= 0.3 is 0 Å². The lowest BCUT2D eigenvalue weighted by Gasteiger charge is -2.30. The number of nitrogens with one attached hydrogen (secondary N) is 1. The summed E-state index contributed by atoms with van der Waals surface area (Å²) in [6, 6.07) is 2.91. The molecule has 2 aromatic rings. The SMILES string of the molecule is O=C(NCc1ccc(F)cc1F)c1cn2c(c(O)c1=O)C(=O)N(CCCCCO)CC2. The van der Waals surface area contributed by atoms with Gasteiger partial charge in [0.25, 0.3) is 11.8 Å². The van der Waals surface area contributed by atoms with Crippen LogP contribution in [0.2, 0.25) is 0 Å². The minimum atomic E-state index is -1.00. The maximum atomic E-state index is 13.7. The number of aromatic nitrogens is 1. The fourth-order valence-corrected chi connectivity index (χ4v) is 3.43. The van der Waals surface area contributed by atoms with Gasteiger partial charge in [-0.15, -0.1) is 0 Å². The number of halogens is 2. The van der Waals surface area contributed by atoms with E-state index < -0.39 is 34.6 Å². The highest BCUT2D eigenvalue weighted by atomic mass is 19.1. The van der Waals surface area contributed by atoms with E-state index in [1.54, 1.807) is 0 Å². The van der Waals surface area contributed by atoms with Crippen LogP contribution in [-0.4, -0.2) is 51.2 Å². The average Bonchev–Trinajstić information content (AvgIpc) is 2.74. The Balaban J connectivity index is 1.76. The first-order valence-corrected chi connectivity index (χ1v) is 9.92. The Morgan fingerprint density at radius 2 is 1.90 bits per heavy atom. The Hall–Kier alpha value is -3.27. The third-order valence-corrected chi connectivity index (χ3v) is 5.14. The highest BCUT2D eigenvalue weighted by molar-refractivity contribution is 5.99. The van der Waals surface area contributed by atoms with E-state index in [1.807, 2.05) is 0 Å². The number of unbranched alkanes of at least 4 members (excludes halogenated alkanes) is 2. The summed E-state index contributed by atoms with van der Waals surface area (Å²) in [5.74, 6) is -3.76. The van der Waals surface area contributed by atoms with Crippen molar-refractivity contribution in [3.63, 3.8) is 0 Å². The van der Waals surface area contributed by atoms with Crippen molar-refractivity contribution in [3.05, 3.63) is 63.1 Å².